The number of hydrazone groups is 1. The number of nitrogens with one attached hydrogen (secondary N) is 2. The topological polar surface area (TPSA) is 83.0 Å². The highest BCUT2D eigenvalue weighted by atomic mass is 16.5. The van der Waals surface area contributed by atoms with Gasteiger partial charge in [0.25, 0.3) is 5.91 Å². The second-order valence-electron chi connectivity index (χ2n) is 8.76. The highest BCUT2D eigenvalue weighted by molar-refractivity contribution is 6.13. The minimum atomic E-state index is -1.08. The van der Waals surface area contributed by atoms with Gasteiger partial charge >= 0.3 is 0 Å². The molecule has 0 saturated carbocycles. The van der Waals surface area contributed by atoms with Crippen LogP contribution >= 0.6 is 0 Å². The van der Waals surface area contributed by atoms with Gasteiger partial charge in [-0.1, -0.05) is 18.2 Å². The Morgan fingerprint density at radius 1 is 0.914 bits per heavy atom. The predicted octanol–water partition coefficient (Wildman–Crippen LogP) is 5.21. The van der Waals surface area contributed by atoms with Crippen LogP contribution in [0.1, 0.15) is 52.0 Å². The van der Waals surface area contributed by atoms with Crippen LogP contribution in [0.25, 0.3) is 0 Å². The molecule has 1 amide bonds. The molecule has 0 aromatic heterocycles. The summed E-state index contributed by atoms with van der Waals surface area (Å²) in [4.78, 5) is 25.1. The smallest absolute Gasteiger partial charge is 0.275 e. The first-order valence-electron chi connectivity index (χ1n) is 11.8. The van der Waals surface area contributed by atoms with Crippen molar-refractivity contribution in [2.24, 2.45) is 5.10 Å². The van der Waals surface area contributed by atoms with E-state index in [1.54, 1.807) is 0 Å². The van der Waals surface area contributed by atoms with Crippen molar-refractivity contribution in [1.29, 1.82) is 0 Å². The van der Waals surface area contributed by atoms with E-state index in [4.69, 9.17) is 4.74 Å². The number of carbonyl (C=O) groups excluding carboxylic acids is 2. The van der Waals surface area contributed by atoms with E-state index in [2.05, 4.69) is 27.9 Å². The minimum Gasteiger partial charge on any atom is -0.456 e. The lowest BCUT2D eigenvalue weighted by molar-refractivity contribution is -0.102. The number of anilines is 2. The SMILES string of the molecule is CCNc1cc2c(cc1C)C1(c3cc(C)c(NCC)cc3O2)c2ccccc2C(=O)N1N=CC=O. The van der Waals surface area contributed by atoms with E-state index in [9.17, 15) is 9.59 Å². The first kappa shape index (κ1) is 22.7. The molecule has 5 rings (SSSR count). The second-order valence-corrected chi connectivity index (χ2v) is 8.76. The average molecular weight is 469 g/mol. The van der Waals surface area contributed by atoms with Gasteiger partial charge in [0.1, 0.15) is 17.0 Å². The zero-order chi connectivity index (χ0) is 24.7. The molecule has 0 bridgehead atoms. The molecule has 0 radical (unpaired) electrons. The van der Waals surface area contributed by atoms with Crippen molar-refractivity contribution in [2.75, 3.05) is 23.7 Å². The monoisotopic (exact) mass is 468 g/mol. The van der Waals surface area contributed by atoms with Crippen molar-refractivity contribution < 1.29 is 14.3 Å². The Morgan fingerprint density at radius 2 is 1.49 bits per heavy atom. The van der Waals surface area contributed by atoms with Gasteiger partial charge in [-0.15, -0.1) is 0 Å². The highest BCUT2D eigenvalue weighted by Crippen LogP contribution is 2.58. The van der Waals surface area contributed by atoms with Crippen LogP contribution in [0, 0.1) is 13.8 Å². The summed E-state index contributed by atoms with van der Waals surface area (Å²) in [5.41, 5.74) is 5.86. The molecular weight excluding hydrogens is 440 g/mol. The van der Waals surface area contributed by atoms with Crippen LogP contribution in [0.4, 0.5) is 11.4 Å². The molecule has 0 unspecified atom stereocenters. The van der Waals surface area contributed by atoms with Crippen LogP contribution in [0.2, 0.25) is 0 Å². The van der Waals surface area contributed by atoms with Gasteiger partial charge in [-0.2, -0.15) is 5.10 Å². The summed E-state index contributed by atoms with van der Waals surface area (Å²) in [6, 6.07) is 15.6. The molecule has 178 valence electrons. The molecule has 0 aliphatic carbocycles. The van der Waals surface area contributed by atoms with Crippen molar-refractivity contribution in [1.82, 2.24) is 5.01 Å². The first-order valence-corrected chi connectivity index (χ1v) is 11.8. The van der Waals surface area contributed by atoms with Crippen LogP contribution in [0.3, 0.4) is 0 Å². The summed E-state index contributed by atoms with van der Waals surface area (Å²) in [7, 11) is 0. The fourth-order valence-corrected chi connectivity index (χ4v) is 5.25. The summed E-state index contributed by atoms with van der Waals surface area (Å²) in [6.45, 7) is 9.68. The van der Waals surface area contributed by atoms with Crippen LogP contribution in [-0.2, 0) is 10.3 Å². The third-order valence-corrected chi connectivity index (χ3v) is 6.69. The molecule has 7 heteroatoms. The van der Waals surface area contributed by atoms with Crippen LogP contribution in [-0.4, -0.2) is 36.5 Å². The standard InChI is InChI=1S/C28H28N4O3/c1-5-29-23-15-25-21(13-17(23)3)28(22-14-18(4)24(30-6-2)16-26(22)35-25)20-10-8-7-9-19(20)27(34)32(28)31-11-12-33/h7-16,29-30H,5-6H2,1-4H3. The van der Waals surface area contributed by atoms with Gasteiger partial charge in [0, 0.05) is 58.9 Å². The predicted molar refractivity (Wildman–Crippen MR) is 138 cm³/mol. The lowest BCUT2D eigenvalue weighted by Crippen LogP contribution is -2.44. The molecule has 35 heavy (non-hydrogen) atoms. The fourth-order valence-electron chi connectivity index (χ4n) is 5.25. The maximum atomic E-state index is 13.7. The van der Waals surface area contributed by atoms with Gasteiger partial charge in [0.15, 0.2) is 6.29 Å². The average Bonchev–Trinajstić information content (AvgIpc) is 3.09. The Balaban J connectivity index is 1.91. The molecule has 0 atom stereocenters. The van der Waals surface area contributed by atoms with Gasteiger partial charge in [-0.25, -0.2) is 5.01 Å². The van der Waals surface area contributed by atoms with Crippen molar-refractivity contribution in [2.45, 2.75) is 33.2 Å². The molecule has 1 spiro atoms. The molecule has 0 saturated heterocycles. The summed E-state index contributed by atoms with van der Waals surface area (Å²) in [5.74, 6) is 1.02. The first-order chi connectivity index (χ1) is 17.0. The molecule has 3 aromatic rings. The number of hydrogen-bond acceptors (Lipinski definition) is 6. The molecule has 7 nitrogen and oxygen atoms in total. The Kier molecular flexibility index (Phi) is 5.55. The number of nitrogens with zero attached hydrogens (tertiary/aromatic N) is 2. The van der Waals surface area contributed by atoms with Crippen molar-refractivity contribution in [3.05, 3.63) is 81.9 Å². The maximum absolute atomic E-state index is 13.7. The van der Waals surface area contributed by atoms with Gasteiger partial charge in [-0.05, 0) is 57.0 Å². The number of hydrogen-bond donors (Lipinski definition) is 2. The van der Waals surface area contributed by atoms with Crippen LogP contribution < -0.4 is 15.4 Å². The summed E-state index contributed by atoms with van der Waals surface area (Å²) in [6.07, 6.45) is 1.71. The second kappa shape index (κ2) is 8.58. The zero-order valence-corrected chi connectivity index (χ0v) is 20.3. The normalized spacial score (nSPS) is 15.0. The molecular formula is C28H28N4O3. The number of aryl methyl sites for hydroxylation is 2. The molecule has 2 aliphatic heterocycles. The number of fused-ring (bicyclic) bond motifs is 6. The Morgan fingerprint density at radius 3 is 2.03 bits per heavy atom. The van der Waals surface area contributed by atoms with Crippen LogP contribution in [0.15, 0.2) is 53.6 Å². The summed E-state index contributed by atoms with van der Waals surface area (Å²) >= 11 is 0. The number of carbonyl (C=O) groups is 2. The number of aldehydes is 1. The van der Waals surface area contributed by atoms with E-state index < -0.39 is 5.54 Å². The third kappa shape index (κ3) is 3.22. The van der Waals surface area contributed by atoms with Gasteiger partial charge in [-0.3, -0.25) is 9.59 Å². The molecule has 3 aromatic carbocycles. The Bertz CT molecular complexity index is 1320. The van der Waals surface area contributed by atoms with E-state index >= 15 is 0 Å². The van der Waals surface area contributed by atoms with Crippen molar-refractivity contribution in [3.63, 3.8) is 0 Å². The summed E-state index contributed by atoms with van der Waals surface area (Å²) in [5, 5.41) is 12.6. The van der Waals surface area contributed by atoms with Crippen LogP contribution in [0.5, 0.6) is 11.5 Å². The lowest BCUT2D eigenvalue weighted by Gasteiger charge is -2.42. The van der Waals surface area contributed by atoms with E-state index in [0.29, 0.717) is 23.3 Å². The van der Waals surface area contributed by atoms with Gasteiger partial charge in [0.05, 0.1) is 6.21 Å². The van der Waals surface area contributed by atoms with E-state index in [1.165, 1.54) is 5.01 Å². The molecule has 0 fully saturated rings. The fraction of sp³-hybridized carbons (Fsp3) is 0.250. The Labute approximate surface area is 204 Å². The lowest BCUT2D eigenvalue weighted by atomic mass is 9.74. The van der Waals surface area contributed by atoms with Crippen molar-refractivity contribution >= 4 is 29.8 Å². The van der Waals surface area contributed by atoms with E-state index in [1.807, 2.05) is 64.1 Å². The number of amides is 1. The molecule has 2 aliphatic rings. The minimum absolute atomic E-state index is 0.265. The van der Waals surface area contributed by atoms with Crippen molar-refractivity contribution in [3.8, 4) is 11.5 Å². The zero-order valence-electron chi connectivity index (χ0n) is 20.3. The molecule has 2 N–H and O–H groups in total. The highest BCUT2D eigenvalue weighted by Gasteiger charge is 2.57. The van der Waals surface area contributed by atoms with E-state index in [0.717, 1.165) is 58.5 Å². The quantitative estimate of drug-likeness (QED) is 0.384. The largest absolute Gasteiger partial charge is 0.456 e. The maximum Gasteiger partial charge on any atom is 0.275 e. The number of ether oxygens (including phenoxy) is 1. The van der Waals surface area contributed by atoms with Gasteiger partial charge < -0.3 is 15.4 Å². The number of benzene rings is 3. The Hall–Kier alpha value is -4.13. The van der Waals surface area contributed by atoms with E-state index in [-0.39, 0.29) is 5.91 Å². The van der Waals surface area contributed by atoms with Gasteiger partial charge in [0.2, 0.25) is 0 Å². The number of rotatable bonds is 6. The summed E-state index contributed by atoms with van der Waals surface area (Å²) < 4.78 is 6.51. The molecule has 2 heterocycles. The third-order valence-electron chi connectivity index (χ3n) is 6.69.